The Morgan fingerprint density at radius 3 is 2.65 bits per heavy atom. The average molecular weight is 292 g/mol. The number of nitrogens with zero attached hydrogens (tertiary/aromatic N) is 4. The Kier molecular flexibility index (Phi) is 5.03. The lowest BCUT2D eigenvalue weighted by Gasteiger charge is -2.30. The summed E-state index contributed by atoms with van der Waals surface area (Å²) in [7, 11) is 0. The van der Waals surface area contributed by atoms with Gasteiger partial charge >= 0.3 is 0 Å². The third kappa shape index (κ3) is 3.74. The van der Waals surface area contributed by atoms with Crippen LogP contribution in [0.5, 0.6) is 0 Å². The summed E-state index contributed by atoms with van der Waals surface area (Å²) < 4.78 is 0. The largest absolute Gasteiger partial charge is 0.346 e. The molecule has 0 aromatic heterocycles. The van der Waals surface area contributed by atoms with Crippen molar-refractivity contribution in [3.8, 4) is 0 Å². The van der Waals surface area contributed by atoms with Crippen LogP contribution in [-0.4, -0.2) is 33.4 Å². The Hall–Kier alpha value is -1.53. The summed E-state index contributed by atoms with van der Waals surface area (Å²) in [6, 6.07) is 0. The zero-order chi connectivity index (χ0) is 14.5. The van der Waals surface area contributed by atoms with E-state index in [1.54, 1.807) is 25.3 Å². The Labute approximate surface area is 124 Å². The summed E-state index contributed by atoms with van der Waals surface area (Å²) in [6.45, 7) is 5.95. The first-order valence-electron chi connectivity index (χ1n) is 6.82. The smallest absolute Gasteiger partial charge is 0.216 e. The molecule has 2 aliphatic heterocycles. The fraction of sp³-hybridized carbons (Fsp3) is 0.500. The Morgan fingerprint density at radius 1 is 1.30 bits per heavy atom. The van der Waals surface area contributed by atoms with Crippen molar-refractivity contribution in [2.24, 2.45) is 16.1 Å². The van der Waals surface area contributed by atoms with E-state index in [0.717, 1.165) is 36.9 Å². The van der Waals surface area contributed by atoms with Crippen molar-refractivity contribution >= 4 is 17.3 Å². The van der Waals surface area contributed by atoms with Crippen LogP contribution in [0.2, 0.25) is 0 Å². The van der Waals surface area contributed by atoms with Crippen molar-refractivity contribution in [1.82, 2.24) is 9.96 Å². The number of hydroxylamine groups is 2. The van der Waals surface area contributed by atoms with E-state index in [1.807, 2.05) is 6.08 Å². The van der Waals surface area contributed by atoms with Crippen LogP contribution in [0.25, 0.3) is 0 Å². The SMILES string of the molecule is C/C(N=NC(=S)N1CCC(C)CC1)=C1/C=CC=CN1O. The number of likely N-dealkylation sites (tertiary alicyclic amines) is 1. The van der Waals surface area contributed by atoms with Gasteiger partial charge in [-0.25, -0.2) is 5.06 Å². The quantitative estimate of drug-likeness (QED) is 0.594. The monoisotopic (exact) mass is 292 g/mol. The van der Waals surface area contributed by atoms with E-state index in [1.165, 1.54) is 0 Å². The van der Waals surface area contributed by atoms with Crippen LogP contribution in [0.3, 0.4) is 0 Å². The topological polar surface area (TPSA) is 51.4 Å². The maximum Gasteiger partial charge on any atom is 0.216 e. The van der Waals surface area contributed by atoms with Gasteiger partial charge in [-0.1, -0.05) is 13.0 Å². The second-order valence-corrected chi connectivity index (χ2v) is 5.53. The molecule has 20 heavy (non-hydrogen) atoms. The number of azo groups is 1. The highest BCUT2D eigenvalue weighted by atomic mass is 32.1. The Morgan fingerprint density at radius 2 is 2.00 bits per heavy atom. The molecule has 0 atom stereocenters. The lowest BCUT2D eigenvalue weighted by Crippen LogP contribution is -2.35. The molecule has 2 aliphatic rings. The van der Waals surface area contributed by atoms with Crippen molar-refractivity contribution in [3.05, 3.63) is 35.8 Å². The maximum atomic E-state index is 9.67. The minimum Gasteiger partial charge on any atom is -0.346 e. The van der Waals surface area contributed by atoms with Gasteiger partial charge in [-0.2, -0.15) is 5.11 Å². The fourth-order valence-electron chi connectivity index (χ4n) is 2.15. The molecule has 0 amide bonds. The standard InChI is InChI=1S/C14H20N4OS/c1-11-6-9-17(10-7-11)14(20)16-15-12(2)13-5-3-4-8-18(13)19/h3-5,8,11,19H,6-7,9-10H2,1-2H3/b13-12+,16-15?. The molecule has 0 saturated carbocycles. The summed E-state index contributed by atoms with van der Waals surface area (Å²) in [5, 5.41) is 19.5. The minimum atomic E-state index is 0.525. The van der Waals surface area contributed by atoms with E-state index < -0.39 is 0 Å². The zero-order valence-electron chi connectivity index (χ0n) is 11.9. The van der Waals surface area contributed by atoms with Gasteiger partial charge in [0.05, 0.1) is 11.4 Å². The van der Waals surface area contributed by atoms with Gasteiger partial charge in [-0.15, -0.1) is 5.11 Å². The van der Waals surface area contributed by atoms with E-state index in [0.29, 0.717) is 16.5 Å². The molecule has 1 fully saturated rings. The number of piperidine rings is 1. The highest BCUT2D eigenvalue weighted by Crippen LogP contribution is 2.18. The lowest BCUT2D eigenvalue weighted by molar-refractivity contribution is -0.00149. The molecule has 1 saturated heterocycles. The molecule has 5 nitrogen and oxygen atoms in total. The van der Waals surface area contributed by atoms with Gasteiger partial charge in [0.25, 0.3) is 0 Å². The van der Waals surface area contributed by atoms with Gasteiger partial charge in [0, 0.05) is 19.3 Å². The van der Waals surface area contributed by atoms with Crippen molar-refractivity contribution in [2.75, 3.05) is 13.1 Å². The summed E-state index contributed by atoms with van der Waals surface area (Å²) in [5.41, 5.74) is 1.23. The zero-order valence-corrected chi connectivity index (χ0v) is 12.7. The maximum absolute atomic E-state index is 9.67. The fourth-order valence-corrected chi connectivity index (χ4v) is 2.38. The van der Waals surface area contributed by atoms with Crippen LogP contribution >= 0.6 is 12.2 Å². The predicted molar refractivity (Wildman–Crippen MR) is 82.0 cm³/mol. The summed E-state index contributed by atoms with van der Waals surface area (Å²) in [5.74, 6) is 0.761. The number of thiocarbonyl (C=S) groups is 1. The summed E-state index contributed by atoms with van der Waals surface area (Å²) in [4.78, 5) is 2.09. The van der Waals surface area contributed by atoms with E-state index in [-0.39, 0.29) is 0 Å². The van der Waals surface area contributed by atoms with Crippen LogP contribution in [0.4, 0.5) is 0 Å². The molecule has 2 heterocycles. The normalized spacial score (nSPS) is 22.8. The second kappa shape index (κ2) is 6.76. The first kappa shape index (κ1) is 14.9. The van der Waals surface area contributed by atoms with Gasteiger partial charge in [-0.3, -0.25) is 5.21 Å². The molecular formula is C14H20N4OS. The summed E-state index contributed by atoms with van der Waals surface area (Å²) in [6.07, 6.45) is 9.21. The third-order valence-corrected chi connectivity index (χ3v) is 3.89. The van der Waals surface area contributed by atoms with Gasteiger partial charge in [0.1, 0.15) is 0 Å². The molecule has 108 valence electrons. The molecule has 2 rings (SSSR count). The predicted octanol–water partition coefficient (Wildman–Crippen LogP) is 3.46. The molecule has 6 heteroatoms. The van der Waals surface area contributed by atoms with E-state index >= 15 is 0 Å². The van der Waals surface area contributed by atoms with Gasteiger partial charge < -0.3 is 4.90 Å². The van der Waals surface area contributed by atoms with E-state index in [4.69, 9.17) is 12.2 Å². The highest BCUT2D eigenvalue weighted by Gasteiger charge is 2.17. The molecule has 0 unspecified atom stereocenters. The van der Waals surface area contributed by atoms with Gasteiger partial charge in [-0.05, 0) is 50.1 Å². The average Bonchev–Trinajstić information content (AvgIpc) is 2.45. The van der Waals surface area contributed by atoms with Crippen LogP contribution in [0, 0.1) is 5.92 Å². The molecule has 0 aromatic rings. The molecule has 1 N–H and O–H groups in total. The van der Waals surface area contributed by atoms with Crippen molar-refractivity contribution < 1.29 is 5.21 Å². The molecule has 0 aliphatic carbocycles. The Balaban J connectivity index is 1.98. The molecule has 0 aromatic carbocycles. The number of hydrogen-bond donors (Lipinski definition) is 1. The molecule has 0 radical (unpaired) electrons. The highest BCUT2D eigenvalue weighted by molar-refractivity contribution is 7.80. The molecule has 0 bridgehead atoms. The van der Waals surface area contributed by atoms with Crippen LogP contribution in [0.1, 0.15) is 26.7 Å². The lowest BCUT2D eigenvalue weighted by atomic mass is 10.00. The number of hydrogen-bond acceptors (Lipinski definition) is 4. The first-order valence-corrected chi connectivity index (χ1v) is 7.23. The van der Waals surface area contributed by atoms with Crippen molar-refractivity contribution in [3.63, 3.8) is 0 Å². The third-order valence-electron chi connectivity index (χ3n) is 3.55. The van der Waals surface area contributed by atoms with Crippen molar-refractivity contribution in [2.45, 2.75) is 26.7 Å². The Bertz CT molecular complexity index is 487. The minimum absolute atomic E-state index is 0.525. The number of rotatable bonds is 1. The van der Waals surface area contributed by atoms with Crippen LogP contribution in [0.15, 0.2) is 46.1 Å². The summed E-state index contributed by atoms with van der Waals surface area (Å²) >= 11 is 5.30. The second-order valence-electron chi connectivity index (χ2n) is 5.17. The van der Waals surface area contributed by atoms with Crippen molar-refractivity contribution in [1.29, 1.82) is 0 Å². The molecular weight excluding hydrogens is 272 g/mol. The van der Waals surface area contributed by atoms with Crippen LogP contribution < -0.4 is 0 Å². The van der Waals surface area contributed by atoms with Gasteiger partial charge in [0.15, 0.2) is 0 Å². The molecule has 0 spiro atoms. The number of allylic oxidation sites excluding steroid dienone is 4. The first-order chi connectivity index (χ1) is 9.58. The van der Waals surface area contributed by atoms with E-state index in [9.17, 15) is 5.21 Å². The van der Waals surface area contributed by atoms with E-state index in [2.05, 4.69) is 22.1 Å². The van der Waals surface area contributed by atoms with Crippen LogP contribution in [-0.2, 0) is 0 Å². The van der Waals surface area contributed by atoms with Gasteiger partial charge in [0.2, 0.25) is 5.11 Å².